The zero-order valence-electron chi connectivity index (χ0n) is 34.6. The molecule has 0 spiro atoms. The average molecular weight is 804 g/mol. The quantitative estimate of drug-likeness (QED) is 0.159. The summed E-state index contributed by atoms with van der Waals surface area (Å²) in [6, 6.07) is 76.0. The van der Waals surface area contributed by atoms with Crippen LogP contribution in [0.4, 0.5) is 0 Å². The van der Waals surface area contributed by atoms with E-state index in [0.29, 0.717) is 0 Å². The van der Waals surface area contributed by atoms with Gasteiger partial charge in [-0.2, -0.15) is 0 Å². The minimum atomic E-state index is 1.07. The highest BCUT2D eigenvalue weighted by molar-refractivity contribution is 6.15. The molecule has 0 fully saturated rings. The van der Waals surface area contributed by atoms with E-state index in [2.05, 4.69) is 238 Å². The molecule has 1 aliphatic carbocycles. The number of rotatable bonds is 6. The van der Waals surface area contributed by atoms with Crippen LogP contribution in [0.5, 0.6) is 0 Å². The molecule has 1 aliphatic rings. The number of hydrogen-bond donors (Lipinski definition) is 0. The highest BCUT2D eigenvalue weighted by Gasteiger charge is 2.19. The summed E-state index contributed by atoms with van der Waals surface area (Å²) in [6.45, 7) is 0. The van der Waals surface area contributed by atoms with Crippen LogP contribution in [0.3, 0.4) is 0 Å². The first kappa shape index (κ1) is 35.6. The van der Waals surface area contributed by atoms with Gasteiger partial charge in [0.05, 0.1) is 33.1 Å². The SMILES string of the molecule is C1=CC(n2c3ccccc3c3cc(-c4ccc5c(c4)c4cc(-c6ccc7c(c6)c6ccccc6n7-c6ccccc6)ccc4n5-c4ccc(-c5ccccc5)cc4)ccc32)=CCC1. The zero-order chi connectivity index (χ0) is 41.4. The van der Waals surface area contributed by atoms with Crippen molar-refractivity contribution >= 4 is 71.1 Å². The lowest BCUT2D eigenvalue weighted by molar-refractivity contribution is 1.02. The molecule has 0 amide bonds. The molecule has 0 bridgehead atoms. The Morgan fingerprint density at radius 1 is 0.270 bits per heavy atom. The van der Waals surface area contributed by atoms with Crippen LogP contribution in [-0.2, 0) is 0 Å². The lowest BCUT2D eigenvalue weighted by atomic mass is 9.98. The van der Waals surface area contributed by atoms with E-state index in [-0.39, 0.29) is 0 Å². The molecule has 3 heterocycles. The van der Waals surface area contributed by atoms with E-state index in [0.717, 1.165) is 18.5 Å². The van der Waals surface area contributed by atoms with Gasteiger partial charge in [0.1, 0.15) is 0 Å². The van der Waals surface area contributed by atoms with Crippen LogP contribution in [-0.4, -0.2) is 13.7 Å². The molecule has 12 aromatic rings. The number of nitrogens with zero attached hydrogens (tertiary/aromatic N) is 3. The smallest absolute Gasteiger partial charge is 0.0541 e. The van der Waals surface area contributed by atoms with E-state index in [9.17, 15) is 0 Å². The van der Waals surface area contributed by atoms with Crippen molar-refractivity contribution in [3.63, 3.8) is 0 Å². The molecule has 0 N–H and O–H groups in total. The number of hydrogen-bond acceptors (Lipinski definition) is 0. The first-order chi connectivity index (χ1) is 31.2. The fourth-order valence-electron chi connectivity index (χ4n) is 10.3. The summed E-state index contributed by atoms with van der Waals surface area (Å²) in [5.74, 6) is 0. The highest BCUT2D eigenvalue weighted by atomic mass is 15.0. The molecule has 0 atom stereocenters. The minimum Gasteiger partial charge on any atom is -0.310 e. The standard InChI is InChI=1S/C60H41N3/c1-4-14-40(15-5-1)41-24-30-48(31-25-41)63-59-34-28-44(42-26-32-57-51(36-42)49-20-10-12-22-55(49)61(57)46-16-6-2-7-17-46)38-53(59)54-39-45(29-35-60(54)63)43-27-33-58-52(37-43)50-21-11-13-23-56(50)62(58)47-18-8-3-9-19-47/h1-2,4-8,10-39H,3,9H2. The molecular weight excluding hydrogens is 763 g/mol. The van der Waals surface area contributed by atoms with Crippen molar-refractivity contribution in [3.8, 4) is 44.8 Å². The maximum absolute atomic E-state index is 2.44. The van der Waals surface area contributed by atoms with Gasteiger partial charge in [-0.1, -0.05) is 133 Å². The minimum absolute atomic E-state index is 1.07. The van der Waals surface area contributed by atoms with Crippen molar-refractivity contribution in [3.05, 3.63) is 224 Å². The first-order valence-electron chi connectivity index (χ1n) is 22.0. The Balaban J connectivity index is 0.997. The van der Waals surface area contributed by atoms with Gasteiger partial charge in [-0.15, -0.1) is 0 Å². The van der Waals surface area contributed by atoms with Gasteiger partial charge in [0.2, 0.25) is 0 Å². The van der Waals surface area contributed by atoms with Gasteiger partial charge in [-0.25, -0.2) is 0 Å². The van der Waals surface area contributed by atoms with Gasteiger partial charge in [0.15, 0.2) is 0 Å². The molecule has 3 heteroatoms. The maximum Gasteiger partial charge on any atom is 0.0541 e. The van der Waals surface area contributed by atoms with Gasteiger partial charge >= 0.3 is 0 Å². The summed E-state index contributed by atoms with van der Waals surface area (Å²) in [4.78, 5) is 0. The molecule has 0 saturated heterocycles. The largest absolute Gasteiger partial charge is 0.310 e. The van der Waals surface area contributed by atoms with Crippen LogP contribution in [0, 0.1) is 0 Å². The molecule has 0 radical (unpaired) electrons. The third-order valence-electron chi connectivity index (χ3n) is 13.3. The van der Waals surface area contributed by atoms with E-state index in [1.54, 1.807) is 0 Å². The van der Waals surface area contributed by atoms with Crippen LogP contribution < -0.4 is 0 Å². The van der Waals surface area contributed by atoms with E-state index >= 15 is 0 Å². The van der Waals surface area contributed by atoms with Crippen molar-refractivity contribution in [1.29, 1.82) is 0 Å². The summed E-state index contributed by atoms with van der Waals surface area (Å²) in [7, 11) is 0. The molecular formula is C60H41N3. The highest BCUT2D eigenvalue weighted by Crippen LogP contribution is 2.41. The lowest BCUT2D eigenvalue weighted by Gasteiger charge is -2.12. The van der Waals surface area contributed by atoms with Crippen LogP contribution in [0.1, 0.15) is 12.8 Å². The van der Waals surface area contributed by atoms with E-state index in [1.165, 1.54) is 110 Å². The zero-order valence-corrected chi connectivity index (χ0v) is 34.6. The van der Waals surface area contributed by atoms with E-state index in [4.69, 9.17) is 0 Å². The number of aromatic nitrogens is 3. The molecule has 63 heavy (non-hydrogen) atoms. The predicted molar refractivity (Wildman–Crippen MR) is 267 cm³/mol. The van der Waals surface area contributed by atoms with Gasteiger partial charge < -0.3 is 13.7 Å². The van der Waals surface area contributed by atoms with Crippen molar-refractivity contribution in [2.45, 2.75) is 12.8 Å². The van der Waals surface area contributed by atoms with Crippen molar-refractivity contribution in [1.82, 2.24) is 13.7 Å². The molecule has 296 valence electrons. The van der Waals surface area contributed by atoms with Crippen molar-refractivity contribution < 1.29 is 0 Å². The Bertz CT molecular complexity index is 3820. The third-order valence-corrected chi connectivity index (χ3v) is 13.3. The second-order valence-electron chi connectivity index (χ2n) is 16.8. The van der Waals surface area contributed by atoms with Crippen molar-refractivity contribution in [2.75, 3.05) is 0 Å². The summed E-state index contributed by atoms with van der Waals surface area (Å²) < 4.78 is 7.25. The second-order valence-corrected chi connectivity index (χ2v) is 16.8. The number of benzene rings is 9. The first-order valence-corrected chi connectivity index (χ1v) is 22.0. The molecule has 3 aromatic heterocycles. The Labute approximate surface area is 365 Å². The van der Waals surface area contributed by atoms with Gasteiger partial charge in [-0.05, 0) is 137 Å². The number of para-hydroxylation sites is 3. The number of fused-ring (bicyclic) bond motifs is 9. The van der Waals surface area contributed by atoms with Crippen LogP contribution in [0.15, 0.2) is 224 Å². The monoisotopic (exact) mass is 803 g/mol. The van der Waals surface area contributed by atoms with Gasteiger partial charge in [-0.3, -0.25) is 0 Å². The molecule has 9 aromatic carbocycles. The predicted octanol–water partition coefficient (Wildman–Crippen LogP) is 16.2. The normalized spacial score (nSPS) is 13.0. The van der Waals surface area contributed by atoms with Crippen LogP contribution >= 0.6 is 0 Å². The van der Waals surface area contributed by atoms with Gasteiger partial charge in [0.25, 0.3) is 0 Å². The maximum atomic E-state index is 2.44. The Hall–Kier alpha value is -8.14. The van der Waals surface area contributed by atoms with Crippen molar-refractivity contribution in [2.24, 2.45) is 0 Å². The summed E-state index contributed by atoms with van der Waals surface area (Å²) in [5, 5.41) is 7.53. The van der Waals surface area contributed by atoms with Crippen LogP contribution in [0.25, 0.3) is 116 Å². The topological polar surface area (TPSA) is 14.8 Å². The summed E-state index contributed by atoms with van der Waals surface area (Å²) >= 11 is 0. The fourth-order valence-corrected chi connectivity index (χ4v) is 10.3. The Morgan fingerprint density at radius 3 is 1.16 bits per heavy atom. The molecule has 3 nitrogen and oxygen atoms in total. The second kappa shape index (κ2) is 14.2. The Kier molecular flexibility index (Phi) is 8.04. The molecule has 0 saturated carbocycles. The summed E-state index contributed by atoms with van der Waals surface area (Å²) in [5.41, 5.74) is 18.1. The average Bonchev–Trinajstić information content (AvgIpc) is 3.99. The summed E-state index contributed by atoms with van der Waals surface area (Å²) in [6.07, 6.45) is 9.10. The molecule has 0 aliphatic heterocycles. The molecule has 13 rings (SSSR count). The number of allylic oxidation sites excluding steroid dienone is 4. The van der Waals surface area contributed by atoms with E-state index in [1.807, 2.05) is 0 Å². The third kappa shape index (κ3) is 5.67. The molecule has 0 unspecified atom stereocenters. The van der Waals surface area contributed by atoms with E-state index < -0.39 is 0 Å². The Morgan fingerprint density at radius 2 is 0.651 bits per heavy atom. The van der Waals surface area contributed by atoms with Gasteiger partial charge in [0, 0.05) is 49.4 Å². The van der Waals surface area contributed by atoms with Crippen LogP contribution in [0.2, 0.25) is 0 Å². The lowest BCUT2D eigenvalue weighted by Crippen LogP contribution is -1.96. The fraction of sp³-hybridized carbons (Fsp3) is 0.0333.